The quantitative estimate of drug-likeness (QED) is 0.0320. The number of hydrogen-bond acceptors (Lipinski definition) is 5. The fourth-order valence-corrected chi connectivity index (χ4v) is 11.9. The van der Waals surface area contributed by atoms with Crippen molar-refractivity contribution in [2.24, 2.45) is 0 Å². The van der Waals surface area contributed by atoms with Crippen LogP contribution in [0.2, 0.25) is 0 Å². The summed E-state index contributed by atoms with van der Waals surface area (Å²) in [7, 11) is 0. The molecule has 6 nitrogen and oxygen atoms in total. The van der Waals surface area contributed by atoms with Gasteiger partial charge >= 0.3 is 5.97 Å². The van der Waals surface area contributed by atoms with Crippen LogP contribution >= 0.6 is 0 Å². The van der Waals surface area contributed by atoms with Crippen LogP contribution in [0.5, 0.6) is 0 Å². The van der Waals surface area contributed by atoms with Crippen molar-refractivity contribution >= 4 is 11.9 Å². The molecule has 0 aromatic rings. The third-order valence-corrected chi connectivity index (χ3v) is 17.6. The van der Waals surface area contributed by atoms with Gasteiger partial charge in [0.25, 0.3) is 0 Å². The van der Waals surface area contributed by atoms with Crippen molar-refractivity contribution in [1.82, 2.24) is 5.32 Å². The van der Waals surface area contributed by atoms with Crippen molar-refractivity contribution in [3.05, 3.63) is 12.2 Å². The summed E-state index contributed by atoms with van der Waals surface area (Å²) in [6, 6.07) is -0.537. The van der Waals surface area contributed by atoms with Gasteiger partial charge in [-0.25, -0.2) is 0 Å². The maximum absolute atomic E-state index is 12.5. The first-order valence-electron chi connectivity index (χ1n) is 36.9. The van der Waals surface area contributed by atoms with Crippen molar-refractivity contribution in [3.63, 3.8) is 0 Å². The number of rotatable bonds is 70. The number of aliphatic hydroxyl groups excluding tert-OH is 2. The predicted octanol–water partition coefficient (Wildman–Crippen LogP) is 23.9. The number of ether oxygens (including phenoxy) is 1. The Morgan fingerprint density at radius 1 is 0.338 bits per heavy atom. The molecule has 0 aliphatic heterocycles. The number of unbranched alkanes of at least 4 members (excludes halogenated alkanes) is 57. The zero-order valence-corrected chi connectivity index (χ0v) is 54.6. The van der Waals surface area contributed by atoms with Crippen LogP contribution in [0.15, 0.2) is 12.2 Å². The maximum Gasteiger partial charge on any atom is 0.305 e. The number of allylic oxidation sites excluding steroid dienone is 2. The average Bonchev–Trinajstić information content (AvgIpc) is 3.46. The van der Waals surface area contributed by atoms with E-state index >= 15 is 0 Å². The zero-order chi connectivity index (χ0) is 57.8. The predicted molar refractivity (Wildman–Crippen MR) is 352 cm³/mol. The summed E-state index contributed by atoms with van der Waals surface area (Å²) in [5.74, 6) is -0.00486. The largest absolute Gasteiger partial charge is 0.466 e. The van der Waals surface area contributed by atoms with E-state index in [4.69, 9.17) is 4.74 Å². The highest BCUT2D eigenvalue weighted by Crippen LogP contribution is 2.19. The number of aliphatic hydroxyl groups is 2. The van der Waals surface area contributed by atoms with Gasteiger partial charge in [0.2, 0.25) is 5.91 Å². The lowest BCUT2D eigenvalue weighted by Crippen LogP contribution is -2.45. The van der Waals surface area contributed by atoms with Gasteiger partial charge in [-0.1, -0.05) is 373 Å². The second-order valence-corrected chi connectivity index (χ2v) is 25.6. The van der Waals surface area contributed by atoms with E-state index in [2.05, 4.69) is 31.3 Å². The van der Waals surface area contributed by atoms with E-state index in [0.29, 0.717) is 25.9 Å². The van der Waals surface area contributed by atoms with Gasteiger partial charge in [0.05, 0.1) is 25.4 Å². The zero-order valence-electron chi connectivity index (χ0n) is 54.6. The van der Waals surface area contributed by atoms with Crippen LogP contribution in [0.25, 0.3) is 0 Å². The minimum Gasteiger partial charge on any atom is -0.466 e. The summed E-state index contributed by atoms with van der Waals surface area (Å²) >= 11 is 0. The Labute approximate surface area is 501 Å². The van der Waals surface area contributed by atoms with Crippen LogP contribution < -0.4 is 5.32 Å². The SMILES string of the molecule is CCCCCCCCCCCCCCCCC(O)C(CO)NC(=O)CCCCCCCCCCCCCCCCCCC/C=C\CCCCCCCCCCCCCCCCCCOC(=O)CCCCCCCCCCCCCC. The van der Waals surface area contributed by atoms with E-state index in [1.807, 2.05) is 0 Å². The van der Waals surface area contributed by atoms with Gasteiger partial charge in [-0.3, -0.25) is 9.59 Å². The smallest absolute Gasteiger partial charge is 0.305 e. The highest BCUT2D eigenvalue weighted by atomic mass is 16.5. The number of carbonyl (C=O) groups is 2. The lowest BCUT2D eigenvalue weighted by molar-refractivity contribution is -0.143. The molecule has 0 aliphatic carbocycles. The molecule has 0 aromatic heterocycles. The van der Waals surface area contributed by atoms with E-state index in [-0.39, 0.29) is 18.5 Å². The first kappa shape index (κ1) is 78.6. The van der Waals surface area contributed by atoms with Crippen LogP contribution in [0, 0.1) is 0 Å². The van der Waals surface area contributed by atoms with Gasteiger partial charge in [0.15, 0.2) is 0 Å². The number of esters is 1. The molecule has 2 unspecified atom stereocenters. The minimum atomic E-state index is -0.660. The Balaban J connectivity index is 3.31. The van der Waals surface area contributed by atoms with E-state index in [1.165, 1.54) is 353 Å². The second kappa shape index (κ2) is 70.1. The lowest BCUT2D eigenvalue weighted by atomic mass is 10.0. The molecular formula is C74H145NO5. The Morgan fingerprint density at radius 3 is 0.887 bits per heavy atom. The van der Waals surface area contributed by atoms with E-state index in [1.54, 1.807) is 0 Å². The molecule has 1 amide bonds. The normalized spacial score (nSPS) is 12.5. The van der Waals surface area contributed by atoms with Gasteiger partial charge in [-0.05, 0) is 51.4 Å². The number of nitrogens with one attached hydrogen (secondary N) is 1. The van der Waals surface area contributed by atoms with Crippen molar-refractivity contribution in [3.8, 4) is 0 Å². The Hall–Kier alpha value is -1.40. The number of carbonyl (C=O) groups excluding carboxylic acids is 2. The topological polar surface area (TPSA) is 95.9 Å². The van der Waals surface area contributed by atoms with Crippen molar-refractivity contribution in [2.75, 3.05) is 13.2 Å². The van der Waals surface area contributed by atoms with Gasteiger partial charge in [0.1, 0.15) is 0 Å². The minimum absolute atomic E-state index is 0.0230. The highest BCUT2D eigenvalue weighted by Gasteiger charge is 2.20. The van der Waals surface area contributed by atoms with Crippen LogP contribution in [0.3, 0.4) is 0 Å². The molecule has 80 heavy (non-hydrogen) atoms. The average molecular weight is 1130 g/mol. The molecule has 0 radical (unpaired) electrons. The highest BCUT2D eigenvalue weighted by molar-refractivity contribution is 5.76. The van der Waals surface area contributed by atoms with E-state index in [9.17, 15) is 19.8 Å². The maximum atomic E-state index is 12.5. The van der Waals surface area contributed by atoms with E-state index in [0.717, 1.165) is 38.5 Å². The van der Waals surface area contributed by atoms with Gasteiger partial charge in [-0.15, -0.1) is 0 Å². The van der Waals surface area contributed by atoms with Crippen LogP contribution in [0.1, 0.15) is 425 Å². The first-order valence-corrected chi connectivity index (χ1v) is 36.9. The Kier molecular flexibility index (Phi) is 68.9. The second-order valence-electron chi connectivity index (χ2n) is 25.6. The first-order chi connectivity index (χ1) is 39.5. The molecule has 0 saturated heterocycles. The summed E-state index contributed by atoms with van der Waals surface area (Å²) < 4.78 is 5.49. The monoisotopic (exact) mass is 1130 g/mol. The van der Waals surface area contributed by atoms with Gasteiger partial charge in [-0.2, -0.15) is 0 Å². The standard InChI is InChI=1S/C74H145NO5/c1-3-5-7-9-11-13-15-17-43-46-50-54-58-62-66-72(77)71(70-76)75-73(78)67-63-59-55-51-47-44-41-39-37-35-33-31-29-27-25-23-21-19-18-20-22-24-26-28-30-32-34-36-38-40-42-45-49-53-57-61-65-69-80-74(79)68-64-60-56-52-48-16-14-12-10-8-6-4-2/h18,20,71-72,76-77H,3-17,19,21-70H2,1-2H3,(H,75,78)/b20-18-. The van der Waals surface area contributed by atoms with Crippen molar-refractivity contribution < 1.29 is 24.5 Å². The molecule has 0 heterocycles. The molecule has 6 heteroatoms. The van der Waals surface area contributed by atoms with E-state index < -0.39 is 12.1 Å². The molecule has 0 bridgehead atoms. The molecule has 2 atom stereocenters. The third kappa shape index (κ3) is 65.7. The molecule has 0 saturated carbocycles. The lowest BCUT2D eigenvalue weighted by Gasteiger charge is -2.22. The molecule has 476 valence electrons. The number of amides is 1. The van der Waals surface area contributed by atoms with Gasteiger partial charge in [0, 0.05) is 12.8 Å². The molecule has 0 spiro atoms. The molecule has 0 aromatic carbocycles. The molecule has 0 fully saturated rings. The third-order valence-electron chi connectivity index (χ3n) is 17.6. The summed E-state index contributed by atoms with van der Waals surface area (Å²) in [5.41, 5.74) is 0. The Bertz CT molecular complexity index is 1210. The van der Waals surface area contributed by atoms with Crippen LogP contribution in [-0.4, -0.2) is 47.4 Å². The van der Waals surface area contributed by atoms with Crippen molar-refractivity contribution in [2.45, 2.75) is 437 Å². The summed E-state index contributed by atoms with van der Waals surface area (Å²) in [5, 5.41) is 23.3. The van der Waals surface area contributed by atoms with Gasteiger partial charge < -0.3 is 20.3 Å². The summed E-state index contributed by atoms with van der Waals surface area (Å²) in [6.45, 7) is 4.99. The van der Waals surface area contributed by atoms with Crippen molar-refractivity contribution in [1.29, 1.82) is 0 Å². The molecule has 3 N–H and O–H groups in total. The summed E-state index contributed by atoms with van der Waals surface area (Å²) in [6.07, 6.45) is 87.2. The molecular weight excluding hydrogens is 983 g/mol. The van der Waals surface area contributed by atoms with Crippen LogP contribution in [0.4, 0.5) is 0 Å². The summed E-state index contributed by atoms with van der Waals surface area (Å²) in [4.78, 5) is 24.5. The Morgan fingerprint density at radius 2 is 0.588 bits per heavy atom. The molecule has 0 rings (SSSR count). The fraction of sp³-hybridized carbons (Fsp3) is 0.946. The molecule has 0 aliphatic rings. The van der Waals surface area contributed by atoms with Crippen LogP contribution in [-0.2, 0) is 14.3 Å². The number of hydrogen-bond donors (Lipinski definition) is 3. The fourth-order valence-electron chi connectivity index (χ4n) is 11.9.